The van der Waals surface area contributed by atoms with Crippen molar-refractivity contribution in [1.82, 2.24) is 10.2 Å². The molecule has 0 bridgehead atoms. The van der Waals surface area contributed by atoms with Crippen LogP contribution in [0.4, 0.5) is 4.79 Å². The van der Waals surface area contributed by atoms with Crippen molar-refractivity contribution in [2.24, 2.45) is 0 Å². The first kappa shape index (κ1) is 13.8. The number of carboxylic acid groups (broad SMARTS) is 1. The Balaban J connectivity index is 2.51. The molecule has 17 heavy (non-hydrogen) atoms. The van der Waals surface area contributed by atoms with Gasteiger partial charge in [-0.1, -0.05) is 20.3 Å². The van der Waals surface area contributed by atoms with Crippen molar-refractivity contribution < 1.29 is 14.7 Å². The van der Waals surface area contributed by atoms with Crippen molar-refractivity contribution in [1.29, 1.82) is 0 Å². The number of carbonyl (C=O) groups is 2. The number of urea groups is 1. The zero-order chi connectivity index (χ0) is 12.8. The molecule has 98 valence electrons. The lowest BCUT2D eigenvalue weighted by Crippen LogP contribution is -2.48. The highest BCUT2D eigenvalue weighted by molar-refractivity contribution is 5.82. The summed E-state index contributed by atoms with van der Waals surface area (Å²) < 4.78 is 0. The summed E-state index contributed by atoms with van der Waals surface area (Å²) in [5.74, 6) is -0.951. The first-order valence-corrected chi connectivity index (χ1v) is 6.40. The zero-order valence-electron chi connectivity index (χ0n) is 10.6. The van der Waals surface area contributed by atoms with Gasteiger partial charge in [-0.3, -0.25) is 0 Å². The fourth-order valence-corrected chi connectivity index (χ4v) is 1.86. The van der Waals surface area contributed by atoms with E-state index in [-0.39, 0.29) is 6.03 Å². The van der Waals surface area contributed by atoms with Crippen LogP contribution >= 0.6 is 0 Å². The average Bonchev–Trinajstić information content (AvgIpc) is 3.08. The van der Waals surface area contributed by atoms with Crippen molar-refractivity contribution in [3.8, 4) is 0 Å². The third-order valence-electron chi connectivity index (χ3n) is 2.89. The summed E-state index contributed by atoms with van der Waals surface area (Å²) in [6.07, 6.45) is 4.20. The summed E-state index contributed by atoms with van der Waals surface area (Å²) in [6, 6.07) is -0.660. The number of nitrogens with zero attached hydrogens (tertiary/aromatic N) is 1. The third-order valence-corrected chi connectivity index (χ3v) is 2.89. The predicted octanol–water partition coefficient (Wildman–Crippen LogP) is 1.82. The Morgan fingerprint density at radius 3 is 2.41 bits per heavy atom. The number of carbonyl (C=O) groups excluding carboxylic acids is 1. The largest absolute Gasteiger partial charge is 0.480 e. The molecule has 0 heterocycles. The molecular formula is C12H22N2O3. The Kier molecular flexibility index (Phi) is 5.25. The van der Waals surface area contributed by atoms with Crippen molar-refractivity contribution in [3.05, 3.63) is 0 Å². The van der Waals surface area contributed by atoms with E-state index in [1.165, 1.54) is 0 Å². The SMILES string of the molecule is CCC[C@@H](NC(=O)N(CCC)C1CC1)C(=O)O. The lowest BCUT2D eigenvalue weighted by molar-refractivity contribution is -0.139. The van der Waals surface area contributed by atoms with Gasteiger partial charge in [-0.15, -0.1) is 0 Å². The maximum absolute atomic E-state index is 12.0. The molecule has 0 aromatic carbocycles. The van der Waals surface area contributed by atoms with Gasteiger partial charge in [0.05, 0.1) is 0 Å². The molecule has 2 N–H and O–H groups in total. The number of nitrogens with one attached hydrogen (secondary N) is 1. The molecule has 1 atom stereocenters. The summed E-state index contributed by atoms with van der Waals surface area (Å²) in [5.41, 5.74) is 0. The highest BCUT2D eigenvalue weighted by Gasteiger charge is 2.33. The molecule has 0 aromatic heterocycles. The van der Waals surface area contributed by atoms with Gasteiger partial charge in [0.2, 0.25) is 0 Å². The van der Waals surface area contributed by atoms with E-state index in [9.17, 15) is 9.59 Å². The molecular weight excluding hydrogens is 220 g/mol. The highest BCUT2D eigenvalue weighted by atomic mass is 16.4. The van der Waals surface area contributed by atoms with Gasteiger partial charge < -0.3 is 15.3 Å². The van der Waals surface area contributed by atoms with E-state index in [2.05, 4.69) is 5.32 Å². The summed E-state index contributed by atoms with van der Waals surface area (Å²) >= 11 is 0. The van der Waals surface area contributed by atoms with Crippen molar-refractivity contribution in [3.63, 3.8) is 0 Å². The van der Waals surface area contributed by atoms with E-state index >= 15 is 0 Å². The predicted molar refractivity (Wildman–Crippen MR) is 64.9 cm³/mol. The van der Waals surface area contributed by atoms with E-state index in [1.54, 1.807) is 4.90 Å². The van der Waals surface area contributed by atoms with Crippen molar-refractivity contribution in [2.45, 2.75) is 58.0 Å². The van der Waals surface area contributed by atoms with Gasteiger partial charge in [0.15, 0.2) is 0 Å². The molecule has 5 heteroatoms. The maximum atomic E-state index is 12.0. The fraction of sp³-hybridized carbons (Fsp3) is 0.833. The first-order chi connectivity index (χ1) is 8.10. The molecule has 1 rings (SSSR count). The minimum absolute atomic E-state index is 0.227. The Hall–Kier alpha value is -1.26. The van der Waals surface area contributed by atoms with Crippen molar-refractivity contribution in [2.75, 3.05) is 6.54 Å². The van der Waals surface area contributed by atoms with E-state index in [0.717, 1.165) is 25.7 Å². The maximum Gasteiger partial charge on any atom is 0.326 e. The molecule has 0 aromatic rings. The summed E-state index contributed by atoms with van der Waals surface area (Å²) in [7, 11) is 0. The van der Waals surface area contributed by atoms with E-state index in [0.29, 0.717) is 19.0 Å². The second-order valence-corrected chi connectivity index (χ2v) is 4.55. The average molecular weight is 242 g/mol. The van der Waals surface area contributed by atoms with Gasteiger partial charge in [-0.25, -0.2) is 9.59 Å². The van der Waals surface area contributed by atoms with Crippen LogP contribution in [0, 0.1) is 0 Å². The molecule has 0 unspecified atom stereocenters. The van der Waals surface area contributed by atoms with Crippen LogP contribution in [0.15, 0.2) is 0 Å². The number of hydrogen-bond donors (Lipinski definition) is 2. The van der Waals surface area contributed by atoms with Crippen LogP contribution in [0.2, 0.25) is 0 Å². The number of amides is 2. The van der Waals surface area contributed by atoms with Crippen LogP contribution in [-0.2, 0) is 4.79 Å². The van der Waals surface area contributed by atoms with Crippen LogP contribution in [0.25, 0.3) is 0 Å². The Morgan fingerprint density at radius 1 is 1.35 bits per heavy atom. The molecule has 5 nitrogen and oxygen atoms in total. The zero-order valence-corrected chi connectivity index (χ0v) is 10.6. The number of carboxylic acids is 1. The minimum Gasteiger partial charge on any atom is -0.480 e. The van der Waals surface area contributed by atoms with Crippen LogP contribution in [-0.4, -0.2) is 40.6 Å². The van der Waals surface area contributed by atoms with Crippen LogP contribution in [0.1, 0.15) is 46.0 Å². The number of aliphatic carboxylic acids is 1. The van der Waals surface area contributed by atoms with E-state index in [1.807, 2.05) is 13.8 Å². The van der Waals surface area contributed by atoms with Gasteiger partial charge in [0.1, 0.15) is 6.04 Å². The molecule has 0 saturated heterocycles. The second-order valence-electron chi connectivity index (χ2n) is 4.55. The molecule has 1 aliphatic rings. The standard InChI is InChI=1S/C12H22N2O3/c1-3-5-10(11(15)16)13-12(17)14(8-4-2)9-6-7-9/h9-10H,3-8H2,1-2H3,(H,13,17)(H,15,16)/t10-/m1/s1. The van der Waals surface area contributed by atoms with Crippen LogP contribution < -0.4 is 5.32 Å². The normalized spacial score (nSPS) is 16.4. The summed E-state index contributed by atoms with van der Waals surface area (Å²) in [4.78, 5) is 24.7. The van der Waals surface area contributed by atoms with Crippen LogP contribution in [0.5, 0.6) is 0 Å². The monoisotopic (exact) mass is 242 g/mol. The Bertz CT molecular complexity index is 277. The Morgan fingerprint density at radius 2 is 2.00 bits per heavy atom. The van der Waals surface area contributed by atoms with Gasteiger partial charge in [-0.2, -0.15) is 0 Å². The first-order valence-electron chi connectivity index (χ1n) is 6.40. The lowest BCUT2D eigenvalue weighted by atomic mass is 10.2. The molecule has 0 radical (unpaired) electrons. The van der Waals surface area contributed by atoms with Crippen LogP contribution in [0.3, 0.4) is 0 Å². The molecule has 0 aliphatic heterocycles. The molecule has 2 amide bonds. The number of hydrogen-bond acceptors (Lipinski definition) is 2. The molecule has 1 aliphatic carbocycles. The van der Waals surface area contributed by atoms with Crippen molar-refractivity contribution >= 4 is 12.0 Å². The van der Waals surface area contributed by atoms with Gasteiger partial charge >= 0.3 is 12.0 Å². The van der Waals surface area contributed by atoms with E-state index in [4.69, 9.17) is 5.11 Å². The van der Waals surface area contributed by atoms with E-state index < -0.39 is 12.0 Å². The molecule has 1 saturated carbocycles. The van der Waals surface area contributed by atoms with Gasteiger partial charge in [-0.05, 0) is 25.7 Å². The number of rotatable bonds is 7. The molecule has 0 spiro atoms. The second kappa shape index (κ2) is 6.47. The smallest absolute Gasteiger partial charge is 0.326 e. The minimum atomic E-state index is -0.951. The molecule has 1 fully saturated rings. The highest BCUT2D eigenvalue weighted by Crippen LogP contribution is 2.27. The lowest BCUT2D eigenvalue weighted by Gasteiger charge is -2.24. The van der Waals surface area contributed by atoms with Gasteiger partial charge in [0, 0.05) is 12.6 Å². The fourth-order valence-electron chi connectivity index (χ4n) is 1.86. The topological polar surface area (TPSA) is 69.6 Å². The third kappa shape index (κ3) is 4.24. The quantitative estimate of drug-likeness (QED) is 0.715. The Labute approximate surface area is 102 Å². The van der Waals surface area contributed by atoms with Gasteiger partial charge in [0.25, 0.3) is 0 Å². The summed E-state index contributed by atoms with van der Waals surface area (Å²) in [5, 5.41) is 11.6. The summed E-state index contributed by atoms with van der Waals surface area (Å²) in [6.45, 7) is 4.63.